The van der Waals surface area contributed by atoms with Crippen LogP contribution in [0.15, 0.2) is 22.7 Å². The molecule has 1 amide bonds. The molecule has 126 valence electrons. The average Bonchev–Trinajstić information content (AvgIpc) is 2.55. The molecule has 0 radical (unpaired) electrons. The van der Waals surface area contributed by atoms with Gasteiger partial charge in [0, 0.05) is 17.6 Å². The van der Waals surface area contributed by atoms with Gasteiger partial charge in [0.1, 0.15) is 5.75 Å². The van der Waals surface area contributed by atoms with Crippen LogP contribution in [0.4, 0.5) is 0 Å². The zero-order valence-corrected chi connectivity index (χ0v) is 14.8. The van der Waals surface area contributed by atoms with Crippen LogP contribution in [0.25, 0.3) is 0 Å². The van der Waals surface area contributed by atoms with Gasteiger partial charge in [-0.1, -0.05) is 29.3 Å². The van der Waals surface area contributed by atoms with Crippen LogP contribution in [0.1, 0.15) is 43.0 Å². The molecule has 1 aromatic carbocycles. The van der Waals surface area contributed by atoms with Gasteiger partial charge in [-0.05, 0) is 37.5 Å². The third kappa shape index (κ3) is 4.70. The Kier molecular flexibility index (Phi) is 6.45. The maximum atomic E-state index is 12.8. The van der Waals surface area contributed by atoms with Crippen molar-refractivity contribution >= 4 is 27.8 Å². The van der Waals surface area contributed by atoms with Gasteiger partial charge in [-0.15, -0.1) is 0 Å². The Morgan fingerprint density at radius 2 is 2.22 bits per heavy atom. The van der Waals surface area contributed by atoms with Gasteiger partial charge in [-0.2, -0.15) is 0 Å². The molecule has 1 saturated heterocycles. The Balaban J connectivity index is 2.16. The molecule has 1 fully saturated rings. The Bertz CT molecular complexity index is 576. The first-order valence-corrected chi connectivity index (χ1v) is 8.76. The second kappa shape index (κ2) is 8.34. The van der Waals surface area contributed by atoms with Crippen LogP contribution in [0.2, 0.25) is 0 Å². The van der Waals surface area contributed by atoms with E-state index in [0.717, 1.165) is 17.3 Å². The number of benzene rings is 1. The lowest BCUT2D eigenvalue weighted by atomic mass is 9.97. The third-order valence-corrected chi connectivity index (χ3v) is 4.48. The summed E-state index contributed by atoms with van der Waals surface area (Å²) in [6.07, 6.45) is 3.28. The van der Waals surface area contributed by atoms with Gasteiger partial charge in [0.2, 0.25) is 0 Å². The van der Waals surface area contributed by atoms with Crippen LogP contribution >= 0.6 is 15.9 Å². The van der Waals surface area contributed by atoms with E-state index in [2.05, 4.69) is 22.9 Å². The third-order valence-electron chi connectivity index (χ3n) is 3.99. The molecule has 0 aliphatic carbocycles. The predicted molar refractivity (Wildman–Crippen MR) is 90.8 cm³/mol. The van der Waals surface area contributed by atoms with Crippen molar-refractivity contribution in [1.29, 1.82) is 0 Å². The van der Waals surface area contributed by atoms with Crippen LogP contribution < -0.4 is 4.74 Å². The van der Waals surface area contributed by atoms with E-state index in [9.17, 15) is 14.7 Å². The molecule has 23 heavy (non-hydrogen) atoms. The molecule has 0 aromatic heterocycles. The number of aliphatic carboxylic acids is 1. The van der Waals surface area contributed by atoms with Crippen LogP contribution in [0.3, 0.4) is 0 Å². The van der Waals surface area contributed by atoms with E-state index in [0.29, 0.717) is 37.3 Å². The number of carboxylic acids is 1. The van der Waals surface area contributed by atoms with Crippen molar-refractivity contribution in [2.24, 2.45) is 5.92 Å². The first-order valence-electron chi connectivity index (χ1n) is 7.97. The molecule has 1 aromatic rings. The Hall–Kier alpha value is -1.56. The maximum absolute atomic E-state index is 12.8. The highest BCUT2D eigenvalue weighted by atomic mass is 79.9. The summed E-state index contributed by atoms with van der Waals surface area (Å²) >= 11 is 3.39. The van der Waals surface area contributed by atoms with Crippen molar-refractivity contribution in [1.82, 2.24) is 4.90 Å². The van der Waals surface area contributed by atoms with Gasteiger partial charge in [0.15, 0.2) is 0 Å². The number of piperidine rings is 1. The summed E-state index contributed by atoms with van der Waals surface area (Å²) < 4.78 is 6.54. The zero-order chi connectivity index (χ0) is 16.8. The molecular formula is C17H22BrNO4. The smallest absolute Gasteiger partial charge is 0.308 e. The van der Waals surface area contributed by atoms with Crippen LogP contribution in [-0.4, -0.2) is 41.6 Å². The summed E-state index contributed by atoms with van der Waals surface area (Å²) in [6, 6.07) is 5.37. The Labute approximate surface area is 144 Å². The number of carbonyl (C=O) groups excluding carboxylic acids is 1. The average molecular weight is 384 g/mol. The van der Waals surface area contributed by atoms with Crippen molar-refractivity contribution < 1.29 is 19.4 Å². The fraction of sp³-hybridized carbons (Fsp3) is 0.529. The Morgan fingerprint density at radius 1 is 1.43 bits per heavy atom. The van der Waals surface area contributed by atoms with Crippen molar-refractivity contribution in [3.63, 3.8) is 0 Å². The summed E-state index contributed by atoms with van der Waals surface area (Å²) in [5.41, 5.74) is 0.488. The molecule has 1 aliphatic heterocycles. The summed E-state index contributed by atoms with van der Waals surface area (Å²) in [4.78, 5) is 25.6. The van der Waals surface area contributed by atoms with E-state index in [-0.39, 0.29) is 12.5 Å². The zero-order valence-electron chi connectivity index (χ0n) is 13.3. The molecule has 1 heterocycles. The highest BCUT2D eigenvalue weighted by molar-refractivity contribution is 9.10. The largest absolute Gasteiger partial charge is 0.493 e. The number of rotatable bonds is 6. The van der Waals surface area contributed by atoms with Crippen molar-refractivity contribution in [3.05, 3.63) is 28.2 Å². The quantitative estimate of drug-likeness (QED) is 0.762. The molecule has 1 aliphatic rings. The van der Waals surface area contributed by atoms with E-state index >= 15 is 0 Å². The monoisotopic (exact) mass is 383 g/mol. The lowest BCUT2D eigenvalue weighted by Crippen LogP contribution is -2.42. The van der Waals surface area contributed by atoms with Crippen molar-refractivity contribution in [2.45, 2.75) is 32.6 Å². The molecule has 2 rings (SSSR count). The number of ether oxygens (including phenoxy) is 1. The van der Waals surface area contributed by atoms with Gasteiger partial charge in [0.25, 0.3) is 5.91 Å². The molecule has 6 heteroatoms. The molecule has 0 spiro atoms. The van der Waals surface area contributed by atoms with E-state index < -0.39 is 11.9 Å². The van der Waals surface area contributed by atoms with Gasteiger partial charge in [0.05, 0.1) is 18.1 Å². The lowest BCUT2D eigenvalue weighted by molar-refractivity contribution is -0.143. The van der Waals surface area contributed by atoms with Gasteiger partial charge in [-0.3, -0.25) is 9.59 Å². The maximum Gasteiger partial charge on any atom is 0.308 e. The van der Waals surface area contributed by atoms with E-state index in [1.165, 1.54) is 0 Å². The predicted octanol–water partition coefficient (Wildman–Crippen LogP) is 3.56. The molecular weight excluding hydrogens is 362 g/mol. The Morgan fingerprint density at radius 3 is 2.91 bits per heavy atom. The number of likely N-dealkylation sites (tertiary alicyclic amines) is 1. The minimum absolute atomic E-state index is 0.163. The van der Waals surface area contributed by atoms with E-state index in [1.807, 2.05) is 6.07 Å². The summed E-state index contributed by atoms with van der Waals surface area (Å²) in [5, 5.41) is 9.18. The number of carboxylic acid groups (broad SMARTS) is 1. The van der Waals surface area contributed by atoms with Gasteiger partial charge >= 0.3 is 5.97 Å². The number of nitrogens with zero attached hydrogens (tertiary/aromatic N) is 1. The second-order valence-electron chi connectivity index (χ2n) is 5.77. The molecule has 0 bridgehead atoms. The standard InChI is InChI=1S/C17H22BrNO4/c1-2-3-9-23-15-7-6-13(18)10-14(15)16(20)19-8-4-5-12(11-19)17(21)22/h6-7,10,12H,2-5,8-9,11H2,1H3,(H,21,22). The highest BCUT2D eigenvalue weighted by Gasteiger charge is 2.29. The summed E-state index contributed by atoms with van der Waals surface area (Å²) in [6.45, 7) is 3.49. The second-order valence-corrected chi connectivity index (χ2v) is 6.69. The fourth-order valence-electron chi connectivity index (χ4n) is 2.66. The number of amides is 1. The molecule has 5 nitrogen and oxygen atoms in total. The minimum Gasteiger partial charge on any atom is -0.493 e. The molecule has 1 unspecified atom stereocenters. The number of hydrogen-bond donors (Lipinski definition) is 1. The fourth-order valence-corrected chi connectivity index (χ4v) is 3.02. The van der Waals surface area contributed by atoms with Crippen LogP contribution in [0.5, 0.6) is 5.75 Å². The summed E-state index contributed by atoms with van der Waals surface area (Å²) in [5.74, 6) is -0.923. The van der Waals surface area contributed by atoms with E-state index in [1.54, 1.807) is 17.0 Å². The SMILES string of the molecule is CCCCOc1ccc(Br)cc1C(=O)N1CCCC(C(=O)O)C1. The minimum atomic E-state index is -0.837. The lowest BCUT2D eigenvalue weighted by Gasteiger charge is -2.31. The van der Waals surface area contributed by atoms with Crippen LogP contribution in [0, 0.1) is 5.92 Å². The van der Waals surface area contributed by atoms with Crippen molar-refractivity contribution in [3.8, 4) is 5.75 Å². The molecule has 0 saturated carbocycles. The summed E-state index contributed by atoms with van der Waals surface area (Å²) in [7, 11) is 0. The van der Waals surface area contributed by atoms with Crippen molar-refractivity contribution in [2.75, 3.05) is 19.7 Å². The number of hydrogen-bond acceptors (Lipinski definition) is 3. The number of halogens is 1. The highest BCUT2D eigenvalue weighted by Crippen LogP contribution is 2.27. The number of unbranched alkanes of at least 4 members (excludes halogenated alkanes) is 1. The van der Waals surface area contributed by atoms with Gasteiger partial charge in [-0.25, -0.2) is 0 Å². The van der Waals surface area contributed by atoms with Crippen LogP contribution in [-0.2, 0) is 4.79 Å². The normalized spacial score (nSPS) is 17.8. The number of carbonyl (C=O) groups is 2. The first kappa shape index (κ1) is 17.8. The topological polar surface area (TPSA) is 66.8 Å². The molecule has 1 atom stereocenters. The van der Waals surface area contributed by atoms with Gasteiger partial charge < -0.3 is 14.7 Å². The van der Waals surface area contributed by atoms with E-state index in [4.69, 9.17) is 4.74 Å². The first-order chi connectivity index (χ1) is 11.0. The molecule has 1 N–H and O–H groups in total.